The maximum atomic E-state index is 6.07. The van der Waals surface area contributed by atoms with Crippen LogP contribution in [-0.4, -0.2) is 24.9 Å². The van der Waals surface area contributed by atoms with Gasteiger partial charge in [-0.05, 0) is 30.7 Å². The van der Waals surface area contributed by atoms with Gasteiger partial charge in [-0.2, -0.15) is 5.10 Å². The first kappa shape index (κ1) is 17.4. The molecule has 0 aliphatic heterocycles. The van der Waals surface area contributed by atoms with Crippen LogP contribution >= 0.6 is 23.2 Å². The lowest BCUT2D eigenvalue weighted by atomic mass is 10.1. The van der Waals surface area contributed by atoms with Gasteiger partial charge in [0.1, 0.15) is 0 Å². The third kappa shape index (κ3) is 4.27. The van der Waals surface area contributed by atoms with E-state index >= 15 is 0 Å². The van der Waals surface area contributed by atoms with Crippen LogP contribution in [-0.2, 0) is 0 Å². The van der Waals surface area contributed by atoms with Crippen molar-refractivity contribution in [2.45, 2.75) is 13.3 Å². The number of benzene rings is 1. The maximum Gasteiger partial charge on any atom is 0.165 e. The lowest BCUT2D eigenvalue weighted by Crippen LogP contribution is -2.05. The van der Waals surface area contributed by atoms with E-state index in [-0.39, 0.29) is 0 Å². The second kappa shape index (κ2) is 8.04. The van der Waals surface area contributed by atoms with E-state index in [9.17, 15) is 0 Å². The van der Waals surface area contributed by atoms with E-state index in [0.717, 1.165) is 11.3 Å². The zero-order chi connectivity index (χ0) is 16.8. The smallest absolute Gasteiger partial charge is 0.165 e. The molecule has 0 radical (unpaired) electrons. The van der Waals surface area contributed by atoms with Gasteiger partial charge in [-0.25, -0.2) is 4.98 Å². The van der Waals surface area contributed by atoms with Gasteiger partial charge in [-0.3, -0.25) is 5.43 Å². The van der Waals surface area contributed by atoms with Crippen molar-refractivity contribution in [2.24, 2.45) is 5.10 Å². The van der Waals surface area contributed by atoms with Crippen molar-refractivity contribution in [3.63, 3.8) is 0 Å². The Morgan fingerprint density at radius 3 is 2.52 bits per heavy atom. The summed E-state index contributed by atoms with van der Waals surface area (Å²) >= 11 is 11.9. The van der Waals surface area contributed by atoms with Crippen LogP contribution in [0.15, 0.2) is 35.6 Å². The first-order chi connectivity index (χ1) is 11.1. The second-order valence-electron chi connectivity index (χ2n) is 4.58. The van der Waals surface area contributed by atoms with Gasteiger partial charge in [0, 0.05) is 11.8 Å². The Bertz CT molecular complexity index is 720. The Hall–Kier alpha value is -1.98. The lowest BCUT2D eigenvalue weighted by molar-refractivity contribution is 0.355. The summed E-state index contributed by atoms with van der Waals surface area (Å²) in [6.07, 6.45) is 2.22. The van der Waals surface area contributed by atoms with Crippen molar-refractivity contribution in [1.82, 2.24) is 4.98 Å². The van der Waals surface area contributed by atoms with Crippen molar-refractivity contribution >= 4 is 34.7 Å². The molecule has 23 heavy (non-hydrogen) atoms. The van der Waals surface area contributed by atoms with Crippen molar-refractivity contribution in [1.29, 1.82) is 0 Å². The SMILES string of the molecule is CC/C(=N\Nc1ncc(Cl)cc1Cl)c1ccc(OC)c(OC)c1. The number of pyridine rings is 1. The average Bonchev–Trinajstić information content (AvgIpc) is 2.56. The maximum absolute atomic E-state index is 6.07. The highest BCUT2D eigenvalue weighted by Crippen LogP contribution is 2.28. The van der Waals surface area contributed by atoms with Crippen molar-refractivity contribution in [3.05, 3.63) is 46.1 Å². The van der Waals surface area contributed by atoms with Crippen LogP contribution in [0.3, 0.4) is 0 Å². The molecular formula is C16H17Cl2N3O2. The number of hydrogen-bond donors (Lipinski definition) is 1. The van der Waals surface area contributed by atoms with Crippen LogP contribution in [0.1, 0.15) is 18.9 Å². The molecular weight excluding hydrogens is 337 g/mol. The van der Waals surface area contributed by atoms with Gasteiger partial charge in [0.2, 0.25) is 0 Å². The van der Waals surface area contributed by atoms with Gasteiger partial charge < -0.3 is 9.47 Å². The highest BCUT2D eigenvalue weighted by Gasteiger charge is 2.09. The molecule has 1 aromatic heterocycles. The minimum Gasteiger partial charge on any atom is -0.493 e. The summed E-state index contributed by atoms with van der Waals surface area (Å²) in [5.74, 6) is 1.76. The number of nitrogens with one attached hydrogen (secondary N) is 1. The number of hydrazone groups is 1. The quantitative estimate of drug-likeness (QED) is 0.607. The number of anilines is 1. The molecule has 0 bridgehead atoms. The number of methoxy groups -OCH3 is 2. The number of nitrogens with zero attached hydrogens (tertiary/aromatic N) is 2. The van der Waals surface area contributed by atoms with Gasteiger partial charge in [0.05, 0.1) is 30.0 Å². The summed E-state index contributed by atoms with van der Waals surface area (Å²) in [5, 5.41) is 5.26. The third-order valence-corrected chi connectivity index (χ3v) is 3.65. The van der Waals surface area contributed by atoms with Gasteiger partial charge in [-0.1, -0.05) is 30.1 Å². The number of aromatic nitrogens is 1. The van der Waals surface area contributed by atoms with Crippen LogP contribution in [0.25, 0.3) is 0 Å². The lowest BCUT2D eigenvalue weighted by Gasteiger charge is -2.11. The summed E-state index contributed by atoms with van der Waals surface area (Å²) in [6.45, 7) is 2.01. The summed E-state index contributed by atoms with van der Waals surface area (Å²) in [7, 11) is 3.20. The van der Waals surface area contributed by atoms with E-state index in [0.29, 0.717) is 33.8 Å². The van der Waals surface area contributed by atoms with E-state index in [4.69, 9.17) is 32.7 Å². The zero-order valence-corrected chi connectivity index (χ0v) is 14.6. The Morgan fingerprint density at radius 1 is 1.17 bits per heavy atom. The number of ether oxygens (including phenoxy) is 2. The predicted octanol–water partition coefficient (Wildman–Crippen LogP) is 4.63. The highest BCUT2D eigenvalue weighted by molar-refractivity contribution is 6.35. The summed E-state index contributed by atoms with van der Waals surface area (Å²) in [5.41, 5.74) is 4.62. The fourth-order valence-corrected chi connectivity index (χ4v) is 2.40. The van der Waals surface area contributed by atoms with Crippen molar-refractivity contribution < 1.29 is 9.47 Å². The fourth-order valence-electron chi connectivity index (χ4n) is 1.98. The molecule has 7 heteroatoms. The Balaban J connectivity index is 2.28. The van der Waals surface area contributed by atoms with Crippen LogP contribution in [0.4, 0.5) is 5.82 Å². The fraction of sp³-hybridized carbons (Fsp3) is 0.250. The average molecular weight is 354 g/mol. The molecule has 2 rings (SSSR count). The van der Waals surface area contributed by atoms with Crippen molar-refractivity contribution in [3.8, 4) is 11.5 Å². The molecule has 0 saturated heterocycles. The molecule has 0 spiro atoms. The molecule has 0 fully saturated rings. The molecule has 5 nitrogen and oxygen atoms in total. The minimum absolute atomic E-state index is 0.406. The molecule has 0 atom stereocenters. The molecule has 1 heterocycles. The largest absolute Gasteiger partial charge is 0.493 e. The standard InChI is InChI=1S/C16H17Cl2N3O2/c1-4-13(10-5-6-14(22-2)15(7-10)23-3)20-21-16-12(18)8-11(17)9-19-16/h5-9H,4H2,1-3H3,(H,19,21)/b20-13+. The molecule has 122 valence electrons. The predicted molar refractivity (Wildman–Crippen MR) is 94.3 cm³/mol. The highest BCUT2D eigenvalue weighted by atomic mass is 35.5. The van der Waals surface area contributed by atoms with E-state index in [1.165, 1.54) is 6.20 Å². The number of rotatable bonds is 6. The van der Waals surface area contributed by atoms with Crippen LogP contribution in [0, 0.1) is 0 Å². The van der Waals surface area contributed by atoms with E-state index < -0.39 is 0 Å². The third-order valence-electron chi connectivity index (χ3n) is 3.16. The van der Waals surface area contributed by atoms with Gasteiger partial charge in [0.25, 0.3) is 0 Å². The van der Waals surface area contributed by atoms with Gasteiger partial charge in [-0.15, -0.1) is 0 Å². The first-order valence-electron chi connectivity index (χ1n) is 6.95. The number of hydrogen-bond acceptors (Lipinski definition) is 5. The van der Waals surface area contributed by atoms with Crippen LogP contribution < -0.4 is 14.9 Å². The van der Waals surface area contributed by atoms with Crippen LogP contribution in [0.5, 0.6) is 11.5 Å². The van der Waals surface area contributed by atoms with E-state index in [1.807, 2.05) is 25.1 Å². The van der Waals surface area contributed by atoms with E-state index in [2.05, 4.69) is 15.5 Å². The summed E-state index contributed by atoms with van der Waals surface area (Å²) < 4.78 is 10.6. The molecule has 0 unspecified atom stereocenters. The Morgan fingerprint density at radius 2 is 1.91 bits per heavy atom. The molecule has 1 aromatic carbocycles. The monoisotopic (exact) mass is 353 g/mol. The van der Waals surface area contributed by atoms with Gasteiger partial charge >= 0.3 is 0 Å². The molecule has 0 aliphatic carbocycles. The first-order valence-corrected chi connectivity index (χ1v) is 7.70. The molecule has 0 aliphatic rings. The topological polar surface area (TPSA) is 55.7 Å². The van der Waals surface area contributed by atoms with E-state index in [1.54, 1.807) is 20.3 Å². The molecule has 0 amide bonds. The Labute approximate surface area is 145 Å². The molecule has 2 aromatic rings. The number of halogens is 2. The summed E-state index contributed by atoms with van der Waals surface area (Å²) in [4.78, 5) is 4.11. The van der Waals surface area contributed by atoms with Crippen LogP contribution in [0.2, 0.25) is 10.0 Å². The molecule has 0 saturated carbocycles. The van der Waals surface area contributed by atoms with Crippen molar-refractivity contribution in [2.75, 3.05) is 19.6 Å². The minimum atomic E-state index is 0.406. The Kier molecular flexibility index (Phi) is 6.07. The second-order valence-corrected chi connectivity index (χ2v) is 5.42. The van der Waals surface area contributed by atoms with Gasteiger partial charge in [0.15, 0.2) is 17.3 Å². The zero-order valence-electron chi connectivity index (χ0n) is 13.1. The molecule has 1 N–H and O–H groups in total. The normalized spacial score (nSPS) is 11.3. The summed E-state index contributed by atoms with van der Waals surface area (Å²) in [6, 6.07) is 7.24.